The first-order valence-corrected chi connectivity index (χ1v) is 7.20. The number of nitrogens with one attached hydrogen (secondary N) is 1. The minimum Gasteiger partial charge on any atom is -0.496 e. The van der Waals surface area contributed by atoms with Gasteiger partial charge in [-0.25, -0.2) is 0 Å². The molecule has 1 fully saturated rings. The van der Waals surface area contributed by atoms with Crippen molar-refractivity contribution in [1.29, 1.82) is 0 Å². The number of rotatable bonds is 5. The Hall–Kier alpha value is -0.580. The monoisotopic (exact) mass is 312 g/mol. The fourth-order valence-corrected chi connectivity index (χ4v) is 2.95. The molecule has 0 saturated carbocycles. The number of methoxy groups -OCH3 is 1. The summed E-state index contributed by atoms with van der Waals surface area (Å²) < 4.78 is 6.52. The van der Waals surface area contributed by atoms with Crippen molar-refractivity contribution in [3.8, 4) is 5.75 Å². The molecule has 1 aliphatic rings. The fourth-order valence-electron chi connectivity index (χ4n) is 2.54. The van der Waals surface area contributed by atoms with Gasteiger partial charge >= 0.3 is 0 Å². The Labute approximate surface area is 118 Å². The average molecular weight is 313 g/mol. The second kappa shape index (κ2) is 6.55. The molecule has 1 heterocycles. The Morgan fingerprint density at radius 3 is 3.00 bits per heavy atom. The molecule has 0 bridgehead atoms. The third-order valence-corrected chi connectivity index (χ3v) is 3.91. The molecule has 1 aromatic carbocycles. The van der Waals surface area contributed by atoms with E-state index in [1.807, 2.05) is 12.1 Å². The lowest BCUT2D eigenvalue weighted by atomic mass is 10.1. The van der Waals surface area contributed by atoms with Crippen LogP contribution in [0.4, 0.5) is 0 Å². The van der Waals surface area contributed by atoms with E-state index in [4.69, 9.17) is 4.74 Å². The van der Waals surface area contributed by atoms with Crippen LogP contribution in [0, 0.1) is 5.92 Å². The van der Waals surface area contributed by atoms with Gasteiger partial charge in [0.1, 0.15) is 5.75 Å². The Balaban J connectivity index is 1.96. The molecular formula is C14H21BrN2O. The van der Waals surface area contributed by atoms with Crippen LogP contribution in [0.1, 0.15) is 12.0 Å². The summed E-state index contributed by atoms with van der Waals surface area (Å²) in [6.45, 7) is 4.39. The maximum Gasteiger partial charge on any atom is 0.123 e. The first kappa shape index (κ1) is 13.8. The highest BCUT2D eigenvalue weighted by Crippen LogP contribution is 2.24. The van der Waals surface area contributed by atoms with E-state index in [0.717, 1.165) is 35.8 Å². The van der Waals surface area contributed by atoms with Gasteiger partial charge in [0.2, 0.25) is 0 Å². The van der Waals surface area contributed by atoms with Gasteiger partial charge in [-0.2, -0.15) is 0 Å². The molecule has 1 saturated heterocycles. The quantitative estimate of drug-likeness (QED) is 0.904. The molecule has 3 nitrogen and oxygen atoms in total. The Bertz CT molecular complexity index is 391. The lowest BCUT2D eigenvalue weighted by molar-refractivity contribution is 0.273. The minimum absolute atomic E-state index is 0.785. The molecule has 1 atom stereocenters. The summed E-state index contributed by atoms with van der Waals surface area (Å²) in [7, 11) is 3.91. The van der Waals surface area contributed by atoms with Gasteiger partial charge in [-0.15, -0.1) is 0 Å². The number of hydrogen-bond donors (Lipinski definition) is 1. The molecule has 0 aromatic heterocycles. The Morgan fingerprint density at radius 2 is 2.33 bits per heavy atom. The SMILES string of the molecule is COc1ccc(Br)cc1CN(C)CC1CCNC1. The van der Waals surface area contributed by atoms with Gasteiger partial charge in [0.15, 0.2) is 0 Å². The third-order valence-electron chi connectivity index (χ3n) is 3.41. The maximum atomic E-state index is 5.41. The highest BCUT2D eigenvalue weighted by Gasteiger charge is 2.17. The van der Waals surface area contributed by atoms with E-state index in [0.29, 0.717) is 0 Å². The van der Waals surface area contributed by atoms with Crippen molar-refractivity contribution >= 4 is 15.9 Å². The van der Waals surface area contributed by atoms with E-state index < -0.39 is 0 Å². The van der Waals surface area contributed by atoms with E-state index in [-0.39, 0.29) is 0 Å². The van der Waals surface area contributed by atoms with E-state index in [1.54, 1.807) is 7.11 Å². The summed E-state index contributed by atoms with van der Waals surface area (Å²) in [6, 6.07) is 6.18. The molecule has 1 unspecified atom stereocenters. The summed E-state index contributed by atoms with van der Waals surface area (Å²) in [5.41, 5.74) is 1.24. The van der Waals surface area contributed by atoms with Gasteiger partial charge in [-0.3, -0.25) is 0 Å². The van der Waals surface area contributed by atoms with Crippen LogP contribution in [-0.2, 0) is 6.54 Å². The number of ether oxygens (including phenoxy) is 1. The topological polar surface area (TPSA) is 24.5 Å². The fraction of sp³-hybridized carbons (Fsp3) is 0.571. The normalized spacial score (nSPS) is 19.4. The van der Waals surface area contributed by atoms with E-state index in [2.05, 4.69) is 39.3 Å². The minimum atomic E-state index is 0.785. The lowest BCUT2D eigenvalue weighted by Gasteiger charge is -2.21. The predicted molar refractivity (Wildman–Crippen MR) is 78.0 cm³/mol. The zero-order valence-corrected chi connectivity index (χ0v) is 12.7. The van der Waals surface area contributed by atoms with Crippen LogP contribution in [0.5, 0.6) is 5.75 Å². The molecule has 0 amide bonds. The molecule has 1 N–H and O–H groups in total. The number of nitrogens with zero attached hydrogens (tertiary/aromatic N) is 1. The van der Waals surface area contributed by atoms with Gasteiger partial charge in [-0.05, 0) is 50.7 Å². The maximum absolute atomic E-state index is 5.41. The highest BCUT2D eigenvalue weighted by molar-refractivity contribution is 9.10. The number of benzene rings is 1. The lowest BCUT2D eigenvalue weighted by Crippen LogP contribution is -2.26. The van der Waals surface area contributed by atoms with Gasteiger partial charge < -0.3 is 15.0 Å². The van der Waals surface area contributed by atoms with Crippen LogP contribution in [0.3, 0.4) is 0 Å². The smallest absolute Gasteiger partial charge is 0.123 e. The van der Waals surface area contributed by atoms with Gasteiger partial charge in [-0.1, -0.05) is 15.9 Å². The van der Waals surface area contributed by atoms with Crippen LogP contribution in [0.15, 0.2) is 22.7 Å². The molecule has 1 aromatic rings. The summed E-state index contributed by atoms with van der Waals surface area (Å²) in [6.07, 6.45) is 1.29. The van der Waals surface area contributed by atoms with Crippen LogP contribution in [0.2, 0.25) is 0 Å². The molecule has 18 heavy (non-hydrogen) atoms. The van der Waals surface area contributed by atoms with Crippen LogP contribution >= 0.6 is 15.9 Å². The van der Waals surface area contributed by atoms with Crippen LogP contribution < -0.4 is 10.1 Å². The van der Waals surface area contributed by atoms with Crippen molar-refractivity contribution in [2.45, 2.75) is 13.0 Å². The van der Waals surface area contributed by atoms with Crippen LogP contribution in [-0.4, -0.2) is 38.7 Å². The molecule has 0 aliphatic carbocycles. The Morgan fingerprint density at radius 1 is 1.50 bits per heavy atom. The molecule has 0 radical (unpaired) electrons. The van der Waals surface area contributed by atoms with Crippen molar-refractivity contribution in [3.63, 3.8) is 0 Å². The van der Waals surface area contributed by atoms with E-state index in [9.17, 15) is 0 Å². The summed E-state index contributed by atoms with van der Waals surface area (Å²) in [4.78, 5) is 2.38. The molecule has 1 aliphatic heterocycles. The van der Waals surface area contributed by atoms with Crippen LogP contribution in [0.25, 0.3) is 0 Å². The first-order chi connectivity index (χ1) is 8.69. The van der Waals surface area contributed by atoms with Gasteiger partial charge in [0.05, 0.1) is 7.11 Å². The molecule has 2 rings (SSSR count). The molecule has 0 spiro atoms. The van der Waals surface area contributed by atoms with Gasteiger partial charge in [0, 0.05) is 23.1 Å². The summed E-state index contributed by atoms with van der Waals surface area (Å²) in [5.74, 6) is 1.75. The molecule has 4 heteroatoms. The van der Waals surface area contributed by atoms with E-state index >= 15 is 0 Å². The third kappa shape index (κ3) is 3.70. The summed E-state index contributed by atoms with van der Waals surface area (Å²) in [5, 5.41) is 3.41. The first-order valence-electron chi connectivity index (χ1n) is 6.40. The van der Waals surface area contributed by atoms with Crippen molar-refractivity contribution in [3.05, 3.63) is 28.2 Å². The zero-order valence-electron chi connectivity index (χ0n) is 11.1. The van der Waals surface area contributed by atoms with Crippen molar-refractivity contribution in [2.75, 3.05) is 33.8 Å². The average Bonchev–Trinajstić information content (AvgIpc) is 2.82. The summed E-state index contributed by atoms with van der Waals surface area (Å²) >= 11 is 3.52. The number of halogens is 1. The van der Waals surface area contributed by atoms with Crippen molar-refractivity contribution < 1.29 is 4.74 Å². The van der Waals surface area contributed by atoms with E-state index in [1.165, 1.54) is 18.5 Å². The van der Waals surface area contributed by atoms with Gasteiger partial charge in [0.25, 0.3) is 0 Å². The number of hydrogen-bond acceptors (Lipinski definition) is 3. The standard InChI is InChI=1S/C14H21BrN2O/c1-17(9-11-5-6-16-8-11)10-12-7-13(15)3-4-14(12)18-2/h3-4,7,11,16H,5-6,8-10H2,1-2H3. The van der Waals surface area contributed by atoms with Crippen molar-refractivity contribution in [2.24, 2.45) is 5.92 Å². The zero-order chi connectivity index (χ0) is 13.0. The molecule has 100 valence electrons. The second-order valence-corrected chi connectivity index (χ2v) is 5.93. The molecular weight excluding hydrogens is 292 g/mol. The second-order valence-electron chi connectivity index (χ2n) is 5.01. The largest absolute Gasteiger partial charge is 0.496 e. The Kier molecular flexibility index (Phi) is 5.03. The highest BCUT2D eigenvalue weighted by atomic mass is 79.9. The predicted octanol–water partition coefficient (Wildman–Crippen LogP) is 2.50. The van der Waals surface area contributed by atoms with Crippen molar-refractivity contribution in [1.82, 2.24) is 10.2 Å².